The lowest BCUT2D eigenvalue weighted by Gasteiger charge is -2.26. The number of hydrogen-bond donors (Lipinski definition) is 2. The monoisotopic (exact) mass is 338 g/mol. The van der Waals surface area contributed by atoms with Crippen molar-refractivity contribution in [3.63, 3.8) is 0 Å². The van der Waals surface area contributed by atoms with Gasteiger partial charge < -0.3 is 10.1 Å². The molecule has 0 saturated heterocycles. The van der Waals surface area contributed by atoms with Crippen LogP contribution >= 0.6 is 11.3 Å². The minimum Gasteiger partial charge on any atom is -0.481 e. The molecular formula is C19H18N2O2S. The maximum atomic E-state index is 11.3. The highest BCUT2D eigenvalue weighted by Crippen LogP contribution is 2.40. The molecule has 122 valence electrons. The fourth-order valence-corrected chi connectivity index (χ4v) is 4.48. The van der Waals surface area contributed by atoms with E-state index in [1.807, 2.05) is 37.3 Å². The van der Waals surface area contributed by atoms with Crippen molar-refractivity contribution >= 4 is 33.1 Å². The van der Waals surface area contributed by atoms with Crippen molar-refractivity contribution in [3.05, 3.63) is 65.0 Å². The summed E-state index contributed by atoms with van der Waals surface area (Å²) < 4.78 is 1.27. The van der Waals surface area contributed by atoms with Crippen LogP contribution in [0, 0.1) is 0 Å². The van der Waals surface area contributed by atoms with Gasteiger partial charge in [0.15, 0.2) is 0 Å². The molecule has 24 heavy (non-hydrogen) atoms. The first-order valence-corrected chi connectivity index (χ1v) is 8.71. The summed E-state index contributed by atoms with van der Waals surface area (Å²) in [6, 6.07) is 18.6. The predicted octanol–water partition coefficient (Wildman–Crippen LogP) is 4.12. The minimum absolute atomic E-state index is 0.0485. The Labute approximate surface area is 144 Å². The number of carboxylic acids is 1. The SMILES string of the molecule is CC1(CC(=O)O)NN(Cc2cc3ccccc3s2)c2ccccc21. The Morgan fingerprint density at radius 3 is 2.75 bits per heavy atom. The van der Waals surface area contributed by atoms with Crippen LogP contribution in [0.2, 0.25) is 0 Å². The first-order chi connectivity index (χ1) is 11.5. The van der Waals surface area contributed by atoms with Gasteiger partial charge in [0.25, 0.3) is 0 Å². The summed E-state index contributed by atoms with van der Waals surface area (Å²) in [5, 5.41) is 12.6. The number of nitrogens with zero attached hydrogens (tertiary/aromatic N) is 1. The number of anilines is 1. The number of para-hydroxylation sites is 1. The van der Waals surface area contributed by atoms with Gasteiger partial charge in [-0.15, -0.1) is 11.3 Å². The van der Waals surface area contributed by atoms with Crippen molar-refractivity contribution < 1.29 is 9.90 Å². The molecule has 1 unspecified atom stereocenters. The molecule has 2 heterocycles. The van der Waals surface area contributed by atoms with Gasteiger partial charge in [0.05, 0.1) is 24.2 Å². The van der Waals surface area contributed by atoms with E-state index in [4.69, 9.17) is 0 Å². The Bertz CT molecular complexity index is 887. The van der Waals surface area contributed by atoms with Crippen LogP contribution in [-0.2, 0) is 16.9 Å². The maximum Gasteiger partial charge on any atom is 0.305 e. The number of hydrazine groups is 1. The molecule has 4 nitrogen and oxygen atoms in total. The Balaban J connectivity index is 1.67. The smallest absolute Gasteiger partial charge is 0.305 e. The molecule has 3 aromatic rings. The van der Waals surface area contributed by atoms with Gasteiger partial charge in [-0.25, -0.2) is 5.43 Å². The van der Waals surface area contributed by atoms with E-state index in [0.29, 0.717) is 6.54 Å². The van der Waals surface area contributed by atoms with Gasteiger partial charge in [-0.3, -0.25) is 4.79 Å². The number of benzene rings is 2. The lowest BCUT2D eigenvalue weighted by molar-refractivity contribution is -0.138. The van der Waals surface area contributed by atoms with Gasteiger partial charge in [0.2, 0.25) is 0 Å². The average Bonchev–Trinajstić information content (AvgIpc) is 3.06. The molecule has 5 heteroatoms. The summed E-state index contributed by atoms with van der Waals surface area (Å²) in [6.45, 7) is 2.66. The van der Waals surface area contributed by atoms with Crippen LogP contribution < -0.4 is 10.4 Å². The van der Waals surface area contributed by atoms with Crippen LogP contribution in [-0.4, -0.2) is 11.1 Å². The van der Waals surface area contributed by atoms with Crippen molar-refractivity contribution in [2.75, 3.05) is 5.01 Å². The van der Waals surface area contributed by atoms with Crippen molar-refractivity contribution in [1.29, 1.82) is 0 Å². The van der Waals surface area contributed by atoms with Crippen molar-refractivity contribution in [2.24, 2.45) is 0 Å². The maximum absolute atomic E-state index is 11.3. The van der Waals surface area contributed by atoms with Crippen LogP contribution in [0.15, 0.2) is 54.6 Å². The average molecular weight is 338 g/mol. The molecule has 0 fully saturated rings. The van der Waals surface area contributed by atoms with Gasteiger partial charge in [0, 0.05) is 9.58 Å². The zero-order chi connectivity index (χ0) is 16.7. The highest BCUT2D eigenvalue weighted by molar-refractivity contribution is 7.19. The molecule has 0 aliphatic carbocycles. The molecule has 2 aromatic carbocycles. The minimum atomic E-state index is -0.802. The van der Waals surface area contributed by atoms with E-state index in [0.717, 1.165) is 11.3 Å². The summed E-state index contributed by atoms with van der Waals surface area (Å²) in [5.41, 5.74) is 4.92. The zero-order valence-corrected chi connectivity index (χ0v) is 14.1. The number of thiophene rings is 1. The second-order valence-corrected chi connectivity index (χ2v) is 7.54. The van der Waals surface area contributed by atoms with Gasteiger partial charge in [-0.1, -0.05) is 36.4 Å². The molecule has 1 atom stereocenters. The Kier molecular flexibility index (Phi) is 3.55. The number of rotatable bonds is 4. The Morgan fingerprint density at radius 1 is 1.21 bits per heavy atom. The second-order valence-electron chi connectivity index (χ2n) is 6.37. The van der Waals surface area contributed by atoms with Crippen LogP contribution in [0.25, 0.3) is 10.1 Å². The third-order valence-electron chi connectivity index (χ3n) is 4.47. The van der Waals surface area contributed by atoms with E-state index >= 15 is 0 Å². The Hall–Kier alpha value is -2.37. The number of hydrogen-bond acceptors (Lipinski definition) is 4. The van der Waals surface area contributed by atoms with E-state index in [9.17, 15) is 9.90 Å². The third-order valence-corrected chi connectivity index (χ3v) is 5.57. The van der Waals surface area contributed by atoms with Crippen molar-refractivity contribution in [1.82, 2.24) is 5.43 Å². The van der Waals surface area contributed by atoms with Gasteiger partial charge in [-0.05, 0) is 36.1 Å². The molecule has 0 radical (unpaired) electrons. The number of carboxylic acid groups (broad SMARTS) is 1. The largest absolute Gasteiger partial charge is 0.481 e. The lowest BCUT2D eigenvalue weighted by atomic mass is 9.90. The topological polar surface area (TPSA) is 52.6 Å². The summed E-state index contributed by atoms with van der Waals surface area (Å²) in [5.74, 6) is -0.802. The third kappa shape index (κ3) is 2.56. The summed E-state index contributed by atoms with van der Waals surface area (Å²) in [6.07, 6.45) is 0.0485. The molecule has 0 spiro atoms. The summed E-state index contributed by atoms with van der Waals surface area (Å²) in [7, 11) is 0. The molecular weight excluding hydrogens is 320 g/mol. The van der Waals surface area contributed by atoms with E-state index in [1.54, 1.807) is 11.3 Å². The fraction of sp³-hybridized carbons (Fsp3) is 0.211. The standard InChI is InChI=1S/C19H18N2O2S/c1-19(11-18(22)23)15-7-3-4-8-16(15)21(20-19)12-14-10-13-6-2-5-9-17(13)24-14/h2-10,20H,11-12H2,1H3,(H,22,23). The van der Waals surface area contributed by atoms with Crippen LogP contribution in [0.5, 0.6) is 0 Å². The number of nitrogens with one attached hydrogen (secondary N) is 1. The molecule has 0 saturated carbocycles. The van der Waals surface area contributed by atoms with E-state index < -0.39 is 11.5 Å². The Morgan fingerprint density at radius 2 is 1.96 bits per heavy atom. The van der Waals surface area contributed by atoms with Crippen LogP contribution in [0.4, 0.5) is 5.69 Å². The van der Waals surface area contributed by atoms with Crippen LogP contribution in [0.1, 0.15) is 23.8 Å². The zero-order valence-electron chi connectivity index (χ0n) is 13.3. The quantitative estimate of drug-likeness (QED) is 0.751. The predicted molar refractivity (Wildman–Crippen MR) is 97.2 cm³/mol. The number of aliphatic carboxylic acids is 1. The molecule has 1 aromatic heterocycles. The normalized spacial score (nSPS) is 19.6. The molecule has 1 aliphatic heterocycles. The van der Waals surface area contributed by atoms with E-state index in [2.05, 4.69) is 34.7 Å². The van der Waals surface area contributed by atoms with Crippen molar-refractivity contribution in [2.45, 2.75) is 25.4 Å². The van der Waals surface area contributed by atoms with Gasteiger partial charge in [0.1, 0.15) is 0 Å². The second kappa shape index (κ2) is 5.61. The summed E-state index contributed by atoms with van der Waals surface area (Å²) in [4.78, 5) is 12.5. The van der Waals surface area contributed by atoms with Gasteiger partial charge in [-0.2, -0.15) is 0 Å². The highest BCUT2D eigenvalue weighted by Gasteiger charge is 2.40. The molecule has 0 amide bonds. The number of fused-ring (bicyclic) bond motifs is 2. The fourth-order valence-electron chi connectivity index (χ4n) is 3.43. The van der Waals surface area contributed by atoms with E-state index in [1.165, 1.54) is 15.0 Å². The van der Waals surface area contributed by atoms with Gasteiger partial charge >= 0.3 is 5.97 Å². The highest BCUT2D eigenvalue weighted by atomic mass is 32.1. The van der Waals surface area contributed by atoms with Crippen LogP contribution in [0.3, 0.4) is 0 Å². The first-order valence-electron chi connectivity index (χ1n) is 7.89. The molecule has 1 aliphatic rings. The molecule has 2 N–H and O–H groups in total. The molecule has 0 bridgehead atoms. The lowest BCUT2D eigenvalue weighted by Crippen LogP contribution is -2.45. The summed E-state index contributed by atoms with van der Waals surface area (Å²) >= 11 is 1.77. The number of carbonyl (C=O) groups is 1. The molecule has 4 rings (SSSR count). The van der Waals surface area contributed by atoms with Crippen molar-refractivity contribution in [3.8, 4) is 0 Å². The van der Waals surface area contributed by atoms with E-state index in [-0.39, 0.29) is 6.42 Å². The first kappa shape index (κ1) is 15.2.